The first kappa shape index (κ1) is 9.43. The van der Waals surface area contributed by atoms with Crippen LogP contribution in [-0.2, 0) is 0 Å². The Morgan fingerprint density at radius 2 is 1.91 bits per heavy atom. The van der Waals surface area contributed by atoms with Gasteiger partial charge >= 0.3 is 5.54 Å². The van der Waals surface area contributed by atoms with Crippen LogP contribution in [0.15, 0.2) is 22.7 Å². The van der Waals surface area contributed by atoms with Gasteiger partial charge < -0.3 is 0 Å². The van der Waals surface area contributed by atoms with E-state index in [9.17, 15) is 0 Å². The van der Waals surface area contributed by atoms with Crippen molar-refractivity contribution in [3.63, 3.8) is 0 Å². The fourth-order valence-electron chi connectivity index (χ4n) is 0.891. The van der Waals surface area contributed by atoms with Gasteiger partial charge in [-0.1, -0.05) is 33.6 Å². The highest BCUT2D eigenvalue weighted by Crippen LogP contribution is 2.11. The topological polar surface area (TPSA) is 0 Å². The van der Waals surface area contributed by atoms with Crippen molar-refractivity contribution < 1.29 is 0 Å². The molecule has 1 aromatic carbocycles. The highest BCUT2D eigenvalue weighted by atomic mass is 79.9. The Morgan fingerprint density at radius 3 is 2.36 bits per heavy atom. The SMILES string of the molecule is Cc1cc(Br)cc(B(Cl)Cl)c1. The van der Waals surface area contributed by atoms with E-state index in [1.54, 1.807) is 0 Å². The zero-order valence-electron chi connectivity index (χ0n) is 5.94. The molecule has 0 aliphatic heterocycles. The van der Waals surface area contributed by atoms with Crippen molar-refractivity contribution in [2.45, 2.75) is 6.92 Å². The summed E-state index contributed by atoms with van der Waals surface area (Å²) < 4.78 is 1.01. The maximum Gasteiger partial charge on any atom is 0.382 e. The van der Waals surface area contributed by atoms with Crippen LogP contribution in [0.3, 0.4) is 0 Å². The first-order valence-electron chi connectivity index (χ1n) is 3.15. The number of halogens is 3. The van der Waals surface area contributed by atoms with Gasteiger partial charge in [0.25, 0.3) is 0 Å². The molecule has 0 aliphatic carbocycles. The van der Waals surface area contributed by atoms with Crippen LogP contribution in [0.2, 0.25) is 0 Å². The van der Waals surface area contributed by atoms with Crippen LogP contribution in [0, 0.1) is 6.92 Å². The number of hydrogen-bond acceptors (Lipinski definition) is 0. The van der Waals surface area contributed by atoms with Gasteiger partial charge in [-0.05, 0) is 18.5 Å². The minimum absolute atomic E-state index is 0.439. The van der Waals surface area contributed by atoms with Crippen LogP contribution in [0.1, 0.15) is 5.56 Å². The van der Waals surface area contributed by atoms with E-state index in [2.05, 4.69) is 15.9 Å². The molecule has 0 saturated carbocycles. The molecule has 0 aliphatic rings. The summed E-state index contributed by atoms with van der Waals surface area (Å²) in [5.74, 6) is 0. The van der Waals surface area contributed by atoms with Gasteiger partial charge in [-0.15, -0.1) is 0 Å². The Hall–Kier alpha value is 0.345. The summed E-state index contributed by atoms with van der Waals surface area (Å²) in [5, 5.41) is 0. The molecule has 1 rings (SSSR count). The van der Waals surface area contributed by atoms with Gasteiger partial charge in [0, 0.05) is 4.47 Å². The molecule has 0 nitrogen and oxygen atoms in total. The van der Waals surface area contributed by atoms with Gasteiger partial charge in [0.05, 0.1) is 0 Å². The Kier molecular flexibility index (Phi) is 3.29. The van der Waals surface area contributed by atoms with Gasteiger partial charge in [0.2, 0.25) is 0 Å². The maximum atomic E-state index is 5.69. The Morgan fingerprint density at radius 1 is 1.27 bits per heavy atom. The molecular formula is C7H6BBrCl2. The zero-order valence-corrected chi connectivity index (χ0v) is 9.04. The van der Waals surface area contributed by atoms with Crippen molar-refractivity contribution >= 4 is 49.9 Å². The Balaban J connectivity index is 3.08. The summed E-state index contributed by atoms with van der Waals surface area (Å²) in [6.45, 7) is 2.00. The van der Waals surface area contributed by atoms with Crippen molar-refractivity contribution in [2.75, 3.05) is 0 Å². The Bertz CT molecular complexity index is 242. The maximum absolute atomic E-state index is 5.69. The molecule has 0 saturated heterocycles. The molecule has 0 fully saturated rings. The molecule has 0 heterocycles. The van der Waals surface area contributed by atoms with Gasteiger partial charge in [-0.25, -0.2) is 0 Å². The van der Waals surface area contributed by atoms with Crippen molar-refractivity contribution in [3.8, 4) is 0 Å². The molecule has 0 spiro atoms. The summed E-state index contributed by atoms with van der Waals surface area (Å²) in [5.41, 5.74) is 1.65. The number of hydrogen-bond donors (Lipinski definition) is 0. The fourth-order valence-corrected chi connectivity index (χ4v) is 1.77. The second kappa shape index (κ2) is 3.84. The molecule has 1 aromatic rings. The molecule has 0 amide bonds. The molecule has 0 bridgehead atoms. The molecule has 0 atom stereocenters. The standard InChI is InChI=1S/C7H6BBrCl2/c1-5-2-6(8(10)11)4-7(9)3-5/h2-4H,1H3. The quantitative estimate of drug-likeness (QED) is 0.674. The predicted molar refractivity (Wildman–Crippen MR) is 56.0 cm³/mol. The van der Waals surface area contributed by atoms with Crippen LogP contribution in [0.5, 0.6) is 0 Å². The number of rotatable bonds is 1. The average Bonchev–Trinajstić information content (AvgIpc) is 1.85. The third-order valence-electron chi connectivity index (χ3n) is 1.32. The largest absolute Gasteiger partial charge is 0.382 e. The third-order valence-corrected chi connectivity index (χ3v) is 2.28. The molecule has 58 valence electrons. The van der Waals surface area contributed by atoms with Crippen LogP contribution in [-0.4, -0.2) is 5.54 Å². The summed E-state index contributed by atoms with van der Waals surface area (Å²) >= 11 is 14.7. The summed E-state index contributed by atoms with van der Waals surface area (Å²) in [6, 6.07) is 5.90. The van der Waals surface area contributed by atoms with Crippen LogP contribution >= 0.6 is 38.9 Å². The van der Waals surface area contributed by atoms with Crippen molar-refractivity contribution in [1.82, 2.24) is 0 Å². The van der Waals surface area contributed by atoms with Crippen molar-refractivity contribution in [2.24, 2.45) is 0 Å². The normalized spacial score (nSPS) is 9.82. The fraction of sp³-hybridized carbons (Fsp3) is 0.143. The minimum Gasteiger partial charge on any atom is -0.165 e. The average molecular weight is 252 g/mol. The lowest BCUT2D eigenvalue weighted by Gasteiger charge is -2.01. The van der Waals surface area contributed by atoms with E-state index >= 15 is 0 Å². The zero-order chi connectivity index (χ0) is 8.43. The van der Waals surface area contributed by atoms with Gasteiger partial charge in [0.1, 0.15) is 0 Å². The first-order valence-corrected chi connectivity index (χ1v) is 4.81. The lowest BCUT2D eigenvalue weighted by Crippen LogP contribution is -2.17. The van der Waals surface area contributed by atoms with E-state index in [0.29, 0.717) is 0 Å². The molecule has 4 heteroatoms. The van der Waals surface area contributed by atoms with E-state index in [1.165, 1.54) is 0 Å². The van der Waals surface area contributed by atoms with Crippen LogP contribution < -0.4 is 5.46 Å². The van der Waals surface area contributed by atoms with Crippen molar-refractivity contribution in [1.29, 1.82) is 0 Å². The van der Waals surface area contributed by atoms with Crippen LogP contribution in [0.4, 0.5) is 0 Å². The lowest BCUT2D eigenvalue weighted by atomic mass is 9.92. The van der Waals surface area contributed by atoms with E-state index in [4.69, 9.17) is 22.9 Å². The van der Waals surface area contributed by atoms with Crippen molar-refractivity contribution in [3.05, 3.63) is 28.2 Å². The van der Waals surface area contributed by atoms with Gasteiger partial charge in [-0.2, -0.15) is 22.9 Å². The summed E-state index contributed by atoms with van der Waals surface area (Å²) in [4.78, 5) is 0. The molecular weight excluding hydrogens is 246 g/mol. The number of aryl methyl sites for hydroxylation is 1. The number of benzene rings is 1. The highest BCUT2D eigenvalue weighted by Gasteiger charge is 2.09. The first-order chi connectivity index (χ1) is 5.09. The smallest absolute Gasteiger partial charge is 0.165 e. The van der Waals surface area contributed by atoms with Gasteiger partial charge in [-0.3, -0.25) is 0 Å². The third kappa shape index (κ3) is 2.70. The monoisotopic (exact) mass is 250 g/mol. The van der Waals surface area contributed by atoms with Gasteiger partial charge in [0.15, 0.2) is 0 Å². The molecule has 0 N–H and O–H groups in total. The second-order valence-corrected chi connectivity index (χ2v) is 4.37. The van der Waals surface area contributed by atoms with E-state index in [-0.39, 0.29) is 0 Å². The summed E-state index contributed by atoms with van der Waals surface area (Å²) in [7, 11) is 0. The van der Waals surface area contributed by atoms with E-state index < -0.39 is 5.54 Å². The second-order valence-electron chi connectivity index (χ2n) is 2.36. The Labute approximate surface area is 84.9 Å². The molecule has 0 aromatic heterocycles. The molecule has 0 unspecified atom stereocenters. The minimum atomic E-state index is -0.439. The molecule has 0 radical (unpaired) electrons. The highest BCUT2D eigenvalue weighted by molar-refractivity contribution is 9.10. The summed E-state index contributed by atoms with van der Waals surface area (Å²) in [6.07, 6.45) is 0. The predicted octanol–water partition coefficient (Wildman–Crippen LogP) is 2.93. The van der Waals surface area contributed by atoms with E-state index in [0.717, 1.165) is 15.5 Å². The van der Waals surface area contributed by atoms with E-state index in [1.807, 2.05) is 25.1 Å². The lowest BCUT2D eigenvalue weighted by molar-refractivity contribution is 1.47. The van der Waals surface area contributed by atoms with Crippen LogP contribution in [0.25, 0.3) is 0 Å². The molecule has 11 heavy (non-hydrogen) atoms.